The second-order valence-electron chi connectivity index (χ2n) is 6.24. The molecular weight excluding hydrogens is 415 g/mol. The van der Waals surface area contributed by atoms with Gasteiger partial charge in [-0.2, -0.15) is 0 Å². The fraction of sp³-hybridized carbons (Fsp3) is 0.611. The van der Waals surface area contributed by atoms with Crippen molar-refractivity contribution < 1.29 is 4.74 Å². The number of aliphatic imine (C=N–C) groups is 1. The topological polar surface area (TPSA) is 48.9 Å². The molecular formula is C18H31IN4O. The van der Waals surface area contributed by atoms with Crippen LogP contribution in [0.1, 0.15) is 25.0 Å². The Labute approximate surface area is 163 Å². The molecule has 1 fully saturated rings. The van der Waals surface area contributed by atoms with Crippen LogP contribution >= 0.6 is 24.0 Å². The molecule has 0 radical (unpaired) electrons. The van der Waals surface area contributed by atoms with Crippen molar-refractivity contribution in [2.45, 2.75) is 39.4 Å². The van der Waals surface area contributed by atoms with Gasteiger partial charge in [-0.1, -0.05) is 24.3 Å². The first-order chi connectivity index (χ1) is 11.1. The summed E-state index contributed by atoms with van der Waals surface area (Å²) >= 11 is 0. The van der Waals surface area contributed by atoms with Crippen LogP contribution in [0.25, 0.3) is 0 Å². The van der Waals surface area contributed by atoms with E-state index in [1.807, 2.05) is 7.05 Å². The molecule has 0 bridgehead atoms. The molecule has 6 heteroatoms. The molecule has 1 aliphatic heterocycles. The second-order valence-corrected chi connectivity index (χ2v) is 6.24. The highest BCUT2D eigenvalue weighted by Gasteiger charge is 2.23. The van der Waals surface area contributed by atoms with Gasteiger partial charge >= 0.3 is 0 Å². The van der Waals surface area contributed by atoms with Gasteiger partial charge in [-0.25, -0.2) is 0 Å². The fourth-order valence-corrected chi connectivity index (χ4v) is 2.96. The molecule has 1 aromatic rings. The summed E-state index contributed by atoms with van der Waals surface area (Å²) in [5.41, 5.74) is 2.59. The number of morpholine rings is 1. The molecule has 0 saturated carbocycles. The third-order valence-electron chi connectivity index (χ3n) is 4.48. The first-order valence-electron chi connectivity index (χ1n) is 8.44. The van der Waals surface area contributed by atoms with Crippen molar-refractivity contribution in [1.82, 2.24) is 15.5 Å². The van der Waals surface area contributed by atoms with E-state index in [0.717, 1.165) is 38.8 Å². The Morgan fingerprint density at radius 3 is 2.79 bits per heavy atom. The van der Waals surface area contributed by atoms with Crippen LogP contribution < -0.4 is 10.6 Å². The third kappa shape index (κ3) is 6.22. The zero-order chi connectivity index (χ0) is 16.7. The zero-order valence-electron chi connectivity index (χ0n) is 15.2. The van der Waals surface area contributed by atoms with Gasteiger partial charge in [0.15, 0.2) is 5.96 Å². The largest absolute Gasteiger partial charge is 0.379 e. The lowest BCUT2D eigenvalue weighted by molar-refractivity contribution is -0.0174. The van der Waals surface area contributed by atoms with Crippen molar-refractivity contribution in [3.63, 3.8) is 0 Å². The first kappa shape index (κ1) is 21.2. The molecule has 1 aromatic carbocycles. The summed E-state index contributed by atoms with van der Waals surface area (Å²) in [7, 11) is 1.81. The van der Waals surface area contributed by atoms with Gasteiger partial charge in [0.1, 0.15) is 0 Å². The Morgan fingerprint density at radius 1 is 1.38 bits per heavy atom. The van der Waals surface area contributed by atoms with E-state index in [4.69, 9.17) is 4.74 Å². The minimum absolute atomic E-state index is 0. The molecule has 1 heterocycles. The lowest BCUT2D eigenvalue weighted by Crippen LogP contribution is -2.52. The molecule has 2 N–H and O–H groups in total. The number of halogens is 1. The Hall–Kier alpha value is -0.860. The van der Waals surface area contributed by atoms with E-state index in [1.165, 1.54) is 11.1 Å². The predicted molar refractivity (Wildman–Crippen MR) is 111 cm³/mol. The quantitative estimate of drug-likeness (QED) is 0.415. The Bertz CT molecular complexity index is 523. The second kappa shape index (κ2) is 10.9. The van der Waals surface area contributed by atoms with Gasteiger partial charge in [0, 0.05) is 38.8 Å². The number of guanidine groups is 1. The van der Waals surface area contributed by atoms with E-state index in [2.05, 4.69) is 65.6 Å². The summed E-state index contributed by atoms with van der Waals surface area (Å²) in [4.78, 5) is 6.81. The minimum atomic E-state index is 0. The number of aryl methyl sites for hydroxylation is 1. The molecule has 0 amide bonds. The maximum Gasteiger partial charge on any atom is 0.191 e. The third-order valence-corrected chi connectivity index (χ3v) is 4.48. The molecule has 136 valence electrons. The van der Waals surface area contributed by atoms with Crippen LogP contribution in [0.15, 0.2) is 29.3 Å². The van der Waals surface area contributed by atoms with Crippen LogP contribution in [0, 0.1) is 6.92 Å². The van der Waals surface area contributed by atoms with E-state index < -0.39 is 0 Å². The Morgan fingerprint density at radius 2 is 2.12 bits per heavy atom. The van der Waals surface area contributed by atoms with Gasteiger partial charge in [0.05, 0.1) is 13.2 Å². The molecule has 24 heavy (non-hydrogen) atoms. The normalized spacial score (nSPS) is 20.2. The predicted octanol–water partition coefficient (Wildman–Crippen LogP) is 2.39. The highest BCUT2D eigenvalue weighted by Crippen LogP contribution is 2.10. The van der Waals surface area contributed by atoms with E-state index in [-0.39, 0.29) is 24.0 Å². The van der Waals surface area contributed by atoms with Crippen LogP contribution in [-0.2, 0) is 11.3 Å². The summed E-state index contributed by atoms with van der Waals surface area (Å²) in [5.74, 6) is 0.848. The van der Waals surface area contributed by atoms with Crippen LogP contribution in [-0.4, -0.2) is 56.3 Å². The van der Waals surface area contributed by atoms with Gasteiger partial charge < -0.3 is 15.4 Å². The molecule has 0 spiro atoms. The SMILES string of the molecule is CN=C(NCc1ccccc1C)NCC(C)N1CCOCC1C.I. The molecule has 5 nitrogen and oxygen atoms in total. The minimum Gasteiger partial charge on any atom is -0.379 e. The molecule has 2 unspecified atom stereocenters. The summed E-state index contributed by atoms with van der Waals surface area (Å²) in [5, 5.41) is 6.82. The number of rotatable bonds is 5. The maximum absolute atomic E-state index is 5.51. The van der Waals surface area contributed by atoms with Crippen molar-refractivity contribution in [3.8, 4) is 0 Å². The Balaban J connectivity index is 0.00000288. The summed E-state index contributed by atoms with van der Waals surface area (Å²) in [6.45, 7) is 10.9. The standard InChI is InChI=1S/C18H30N4O.HI/c1-14-7-5-6-8-17(14)12-21-18(19-4)20-11-15(2)22-9-10-23-13-16(22)3;/h5-8,15-16H,9-13H2,1-4H3,(H2,19,20,21);1H. The fourth-order valence-electron chi connectivity index (χ4n) is 2.96. The maximum atomic E-state index is 5.51. The van der Waals surface area contributed by atoms with E-state index >= 15 is 0 Å². The van der Waals surface area contributed by atoms with Crippen molar-refractivity contribution in [3.05, 3.63) is 35.4 Å². The van der Waals surface area contributed by atoms with Crippen molar-refractivity contribution >= 4 is 29.9 Å². The lowest BCUT2D eigenvalue weighted by atomic mass is 10.1. The van der Waals surface area contributed by atoms with Crippen LogP contribution in [0.5, 0.6) is 0 Å². The summed E-state index contributed by atoms with van der Waals surface area (Å²) in [6.07, 6.45) is 0. The number of nitrogens with zero attached hydrogens (tertiary/aromatic N) is 2. The number of benzene rings is 1. The molecule has 2 rings (SSSR count). The monoisotopic (exact) mass is 446 g/mol. The van der Waals surface area contributed by atoms with Crippen molar-refractivity contribution in [2.75, 3.05) is 33.4 Å². The molecule has 1 aliphatic rings. The number of nitrogens with one attached hydrogen (secondary N) is 2. The number of hydrogen-bond donors (Lipinski definition) is 2. The highest BCUT2D eigenvalue weighted by molar-refractivity contribution is 14.0. The van der Waals surface area contributed by atoms with Gasteiger partial charge in [-0.3, -0.25) is 9.89 Å². The Kier molecular flexibility index (Phi) is 9.61. The molecule has 1 saturated heterocycles. The van der Waals surface area contributed by atoms with Crippen LogP contribution in [0.4, 0.5) is 0 Å². The van der Waals surface area contributed by atoms with Gasteiger partial charge in [0.2, 0.25) is 0 Å². The van der Waals surface area contributed by atoms with E-state index in [1.54, 1.807) is 0 Å². The smallest absolute Gasteiger partial charge is 0.191 e. The van der Waals surface area contributed by atoms with Gasteiger partial charge in [-0.05, 0) is 31.9 Å². The van der Waals surface area contributed by atoms with Crippen molar-refractivity contribution in [1.29, 1.82) is 0 Å². The van der Waals surface area contributed by atoms with Gasteiger partial charge in [0.25, 0.3) is 0 Å². The van der Waals surface area contributed by atoms with Crippen LogP contribution in [0.2, 0.25) is 0 Å². The average Bonchev–Trinajstić information content (AvgIpc) is 2.56. The highest BCUT2D eigenvalue weighted by atomic mass is 127. The van der Waals surface area contributed by atoms with E-state index in [0.29, 0.717) is 12.1 Å². The van der Waals surface area contributed by atoms with Crippen molar-refractivity contribution in [2.24, 2.45) is 4.99 Å². The lowest BCUT2D eigenvalue weighted by Gasteiger charge is -2.38. The van der Waals surface area contributed by atoms with Gasteiger partial charge in [-0.15, -0.1) is 24.0 Å². The first-order valence-corrected chi connectivity index (χ1v) is 8.44. The average molecular weight is 446 g/mol. The number of ether oxygens (including phenoxy) is 1. The summed E-state index contributed by atoms with van der Waals surface area (Å²) in [6, 6.07) is 9.34. The zero-order valence-corrected chi connectivity index (χ0v) is 17.5. The van der Waals surface area contributed by atoms with E-state index in [9.17, 15) is 0 Å². The number of hydrogen-bond acceptors (Lipinski definition) is 3. The van der Waals surface area contributed by atoms with Crippen LogP contribution in [0.3, 0.4) is 0 Å². The molecule has 0 aromatic heterocycles. The summed E-state index contributed by atoms with van der Waals surface area (Å²) < 4.78 is 5.51. The molecule has 2 atom stereocenters. The molecule has 0 aliphatic carbocycles.